The number of rotatable bonds is 4. The molecule has 0 aromatic heterocycles. The van der Waals surface area contributed by atoms with Gasteiger partial charge in [-0.2, -0.15) is 5.26 Å². The average molecular weight is 299 g/mol. The standard InChI is InChI=1S/C17H21N3O2/c1-2-8-19-16(21)14-6-9-20(10-7-14)17(22)15-5-3-4-13(11-15)12-18/h3-5,11,14H,2,6-10H2,1H3,(H,19,21). The molecule has 0 saturated carbocycles. The second-order valence-corrected chi connectivity index (χ2v) is 5.55. The van der Waals surface area contributed by atoms with E-state index in [1.54, 1.807) is 29.2 Å². The monoisotopic (exact) mass is 299 g/mol. The lowest BCUT2D eigenvalue weighted by molar-refractivity contribution is -0.126. The Morgan fingerprint density at radius 1 is 1.36 bits per heavy atom. The highest BCUT2D eigenvalue weighted by atomic mass is 16.2. The minimum absolute atomic E-state index is 0.000966. The Balaban J connectivity index is 1.92. The van der Waals surface area contributed by atoms with Crippen LogP contribution < -0.4 is 5.32 Å². The molecule has 22 heavy (non-hydrogen) atoms. The molecule has 0 atom stereocenters. The van der Waals surface area contributed by atoms with E-state index in [1.165, 1.54) is 0 Å². The van der Waals surface area contributed by atoms with Crippen LogP contribution in [0.2, 0.25) is 0 Å². The largest absolute Gasteiger partial charge is 0.356 e. The van der Waals surface area contributed by atoms with Gasteiger partial charge >= 0.3 is 0 Å². The fourth-order valence-electron chi connectivity index (χ4n) is 2.64. The van der Waals surface area contributed by atoms with E-state index in [0.29, 0.717) is 43.6 Å². The molecule has 1 N–H and O–H groups in total. The molecule has 2 rings (SSSR count). The Labute approximate surface area is 130 Å². The highest BCUT2D eigenvalue weighted by Gasteiger charge is 2.27. The molecule has 1 saturated heterocycles. The SMILES string of the molecule is CCCNC(=O)C1CCN(C(=O)c2cccc(C#N)c2)CC1. The fraction of sp³-hybridized carbons (Fsp3) is 0.471. The van der Waals surface area contributed by atoms with E-state index < -0.39 is 0 Å². The predicted molar refractivity (Wildman–Crippen MR) is 83.1 cm³/mol. The third kappa shape index (κ3) is 3.85. The number of carbonyl (C=O) groups excluding carboxylic acids is 2. The summed E-state index contributed by atoms with van der Waals surface area (Å²) in [4.78, 5) is 26.1. The van der Waals surface area contributed by atoms with Crippen LogP contribution in [-0.4, -0.2) is 36.3 Å². The van der Waals surface area contributed by atoms with Crippen molar-refractivity contribution in [3.8, 4) is 6.07 Å². The summed E-state index contributed by atoms with van der Waals surface area (Å²) in [5, 5.41) is 11.8. The van der Waals surface area contributed by atoms with Gasteiger partial charge in [-0.3, -0.25) is 9.59 Å². The van der Waals surface area contributed by atoms with Gasteiger partial charge in [0.1, 0.15) is 0 Å². The maximum Gasteiger partial charge on any atom is 0.253 e. The molecule has 1 aliphatic heterocycles. The molecular weight excluding hydrogens is 278 g/mol. The van der Waals surface area contributed by atoms with E-state index in [1.807, 2.05) is 13.0 Å². The van der Waals surface area contributed by atoms with Crippen LogP contribution in [0, 0.1) is 17.2 Å². The maximum atomic E-state index is 12.4. The Hall–Kier alpha value is -2.35. The van der Waals surface area contributed by atoms with Crippen LogP contribution in [0.1, 0.15) is 42.1 Å². The Morgan fingerprint density at radius 3 is 2.73 bits per heavy atom. The normalized spacial score (nSPS) is 15.2. The molecule has 0 unspecified atom stereocenters. The number of nitrogens with one attached hydrogen (secondary N) is 1. The van der Waals surface area contributed by atoms with Crippen LogP contribution in [0.5, 0.6) is 0 Å². The first kappa shape index (κ1) is 16.0. The van der Waals surface area contributed by atoms with Gasteiger partial charge in [-0.25, -0.2) is 0 Å². The third-order valence-corrected chi connectivity index (χ3v) is 3.94. The molecule has 0 radical (unpaired) electrons. The zero-order valence-electron chi connectivity index (χ0n) is 12.8. The van der Waals surface area contributed by atoms with E-state index in [4.69, 9.17) is 5.26 Å². The molecule has 0 spiro atoms. The maximum absolute atomic E-state index is 12.4. The molecular formula is C17H21N3O2. The number of hydrogen-bond donors (Lipinski definition) is 1. The lowest BCUT2D eigenvalue weighted by atomic mass is 9.95. The molecule has 1 aromatic rings. The molecule has 5 heteroatoms. The second-order valence-electron chi connectivity index (χ2n) is 5.55. The third-order valence-electron chi connectivity index (χ3n) is 3.94. The summed E-state index contributed by atoms with van der Waals surface area (Å²) < 4.78 is 0. The van der Waals surface area contributed by atoms with Crippen LogP contribution in [0.25, 0.3) is 0 Å². The summed E-state index contributed by atoms with van der Waals surface area (Å²) in [6, 6.07) is 8.78. The van der Waals surface area contributed by atoms with Crippen LogP contribution in [-0.2, 0) is 4.79 Å². The number of carbonyl (C=O) groups is 2. The quantitative estimate of drug-likeness (QED) is 0.923. The van der Waals surface area contributed by atoms with Crippen molar-refractivity contribution in [2.75, 3.05) is 19.6 Å². The summed E-state index contributed by atoms with van der Waals surface area (Å²) in [7, 11) is 0. The number of benzene rings is 1. The van der Waals surface area contributed by atoms with Crippen LogP contribution in [0.15, 0.2) is 24.3 Å². The van der Waals surface area contributed by atoms with Crippen molar-refractivity contribution in [3.05, 3.63) is 35.4 Å². The van der Waals surface area contributed by atoms with Crippen LogP contribution >= 0.6 is 0 Å². The van der Waals surface area contributed by atoms with Gasteiger partial charge in [-0.15, -0.1) is 0 Å². The van der Waals surface area contributed by atoms with Gasteiger partial charge in [-0.05, 0) is 37.5 Å². The van der Waals surface area contributed by atoms with Gasteiger partial charge in [0.25, 0.3) is 5.91 Å². The Kier molecular flexibility index (Phi) is 5.54. The fourth-order valence-corrected chi connectivity index (χ4v) is 2.64. The first-order valence-corrected chi connectivity index (χ1v) is 7.73. The van der Waals surface area contributed by atoms with Crippen molar-refractivity contribution < 1.29 is 9.59 Å². The van der Waals surface area contributed by atoms with Crippen LogP contribution in [0.3, 0.4) is 0 Å². The lowest BCUT2D eigenvalue weighted by Crippen LogP contribution is -2.43. The van der Waals surface area contributed by atoms with E-state index in [0.717, 1.165) is 6.42 Å². The van der Waals surface area contributed by atoms with Crippen molar-refractivity contribution >= 4 is 11.8 Å². The summed E-state index contributed by atoms with van der Waals surface area (Å²) in [5.74, 6) is 0.0333. The number of likely N-dealkylation sites (tertiary alicyclic amines) is 1. The number of amides is 2. The molecule has 1 aliphatic rings. The molecule has 0 aliphatic carbocycles. The average Bonchev–Trinajstić information content (AvgIpc) is 2.59. The highest BCUT2D eigenvalue weighted by molar-refractivity contribution is 5.94. The molecule has 0 bridgehead atoms. The van der Waals surface area contributed by atoms with Gasteiger partial charge in [0, 0.05) is 31.1 Å². The number of piperidine rings is 1. The highest BCUT2D eigenvalue weighted by Crippen LogP contribution is 2.19. The molecule has 1 heterocycles. The number of hydrogen-bond acceptors (Lipinski definition) is 3. The van der Waals surface area contributed by atoms with Crippen molar-refractivity contribution in [2.45, 2.75) is 26.2 Å². The molecule has 5 nitrogen and oxygen atoms in total. The van der Waals surface area contributed by atoms with Gasteiger partial charge in [0.05, 0.1) is 11.6 Å². The Morgan fingerprint density at radius 2 is 2.09 bits per heavy atom. The van der Waals surface area contributed by atoms with Crippen LogP contribution in [0.4, 0.5) is 0 Å². The van der Waals surface area contributed by atoms with E-state index in [9.17, 15) is 9.59 Å². The Bertz CT molecular complexity index is 584. The van der Waals surface area contributed by atoms with E-state index >= 15 is 0 Å². The first-order chi connectivity index (χ1) is 10.7. The molecule has 116 valence electrons. The number of nitriles is 1. The van der Waals surface area contributed by atoms with Gasteiger partial charge in [-0.1, -0.05) is 13.0 Å². The van der Waals surface area contributed by atoms with Gasteiger partial charge < -0.3 is 10.2 Å². The zero-order chi connectivity index (χ0) is 15.9. The first-order valence-electron chi connectivity index (χ1n) is 7.73. The van der Waals surface area contributed by atoms with E-state index in [2.05, 4.69) is 5.32 Å². The minimum Gasteiger partial charge on any atom is -0.356 e. The summed E-state index contributed by atoms with van der Waals surface area (Å²) >= 11 is 0. The topological polar surface area (TPSA) is 73.2 Å². The molecule has 2 amide bonds. The smallest absolute Gasteiger partial charge is 0.253 e. The predicted octanol–water partition coefficient (Wildman–Crippen LogP) is 1.94. The summed E-state index contributed by atoms with van der Waals surface area (Å²) in [6.45, 7) is 3.90. The second kappa shape index (κ2) is 7.60. The summed E-state index contributed by atoms with van der Waals surface area (Å²) in [5.41, 5.74) is 1.02. The summed E-state index contributed by atoms with van der Waals surface area (Å²) in [6.07, 6.45) is 2.32. The zero-order valence-corrected chi connectivity index (χ0v) is 12.8. The van der Waals surface area contributed by atoms with Crippen molar-refractivity contribution in [2.24, 2.45) is 5.92 Å². The minimum atomic E-state index is -0.0653. The van der Waals surface area contributed by atoms with Crippen molar-refractivity contribution in [1.82, 2.24) is 10.2 Å². The lowest BCUT2D eigenvalue weighted by Gasteiger charge is -2.31. The van der Waals surface area contributed by atoms with Crippen molar-refractivity contribution in [3.63, 3.8) is 0 Å². The van der Waals surface area contributed by atoms with E-state index in [-0.39, 0.29) is 17.7 Å². The molecule has 1 aromatic carbocycles. The molecule has 1 fully saturated rings. The van der Waals surface area contributed by atoms with Gasteiger partial charge in [0.15, 0.2) is 0 Å². The van der Waals surface area contributed by atoms with Crippen molar-refractivity contribution in [1.29, 1.82) is 5.26 Å². The number of nitrogens with zero attached hydrogens (tertiary/aromatic N) is 2. The van der Waals surface area contributed by atoms with Gasteiger partial charge in [0.2, 0.25) is 5.91 Å².